The van der Waals surface area contributed by atoms with Gasteiger partial charge >= 0.3 is 0 Å². The Morgan fingerprint density at radius 2 is 1.70 bits per heavy atom. The van der Waals surface area contributed by atoms with Crippen molar-refractivity contribution < 1.29 is 22.7 Å². The molecule has 0 unspecified atom stereocenters. The summed E-state index contributed by atoms with van der Waals surface area (Å²) in [7, 11) is -3.55. The van der Waals surface area contributed by atoms with E-state index in [2.05, 4.69) is 15.5 Å². The number of benzene rings is 2. The van der Waals surface area contributed by atoms with Gasteiger partial charge in [0.05, 0.1) is 17.3 Å². The first kappa shape index (κ1) is 29.8. The van der Waals surface area contributed by atoms with Crippen LogP contribution in [0, 0.1) is 0 Å². The molecule has 1 saturated heterocycles. The van der Waals surface area contributed by atoms with E-state index in [0.29, 0.717) is 49.8 Å². The van der Waals surface area contributed by atoms with Gasteiger partial charge in [0.1, 0.15) is 11.6 Å². The fourth-order valence-electron chi connectivity index (χ4n) is 4.46. The first-order valence-corrected chi connectivity index (χ1v) is 15.9. The van der Waals surface area contributed by atoms with Crippen molar-refractivity contribution in [3.05, 3.63) is 59.9 Å². The maximum Gasteiger partial charge on any atom is 0.243 e. The van der Waals surface area contributed by atoms with E-state index in [1.165, 1.54) is 35.1 Å². The van der Waals surface area contributed by atoms with Gasteiger partial charge in [-0.1, -0.05) is 30.3 Å². The number of amides is 1. The van der Waals surface area contributed by atoms with Crippen LogP contribution in [0.2, 0.25) is 0 Å². The first-order valence-electron chi connectivity index (χ1n) is 13.5. The number of carbonyl (C=O) groups excluding carboxylic acids is 2. The molecule has 1 aromatic heterocycles. The van der Waals surface area contributed by atoms with Crippen molar-refractivity contribution in [2.24, 2.45) is 0 Å². The Hall–Kier alpha value is -3.22. The zero-order chi connectivity index (χ0) is 28.5. The molecule has 10 nitrogen and oxygen atoms in total. The minimum Gasteiger partial charge on any atom is -0.494 e. The molecule has 40 heavy (non-hydrogen) atoms. The van der Waals surface area contributed by atoms with E-state index in [-0.39, 0.29) is 22.3 Å². The molecule has 1 aliphatic heterocycles. The second-order valence-corrected chi connectivity index (χ2v) is 12.3. The molecule has 0 spiro atoms. The van der Waals surface area contributed by atoms with Crippen LogP contribution in [-0.2, 0) is 21.2 Å². The fourth-order valence-corrected chi connectivity index (χ4v) is 6.85. The van der Waals surface area contributed by atoms with E-state index in [1.54, 1.807) is 12.1 Å². The zero-order valence-electron chi connectivity index (χ0n) is 22.8. The van der Waals surface area contributed by atoms with E-state index in [4.69, 9.17) is 4.74 Å². The Bertz CT molecular complexity index is 1400. The molecule has 1 aliphatic rings. The Labute approximate surface area is 239 Å². The minimum atomic E-state index is -3.55. The molecule has 4 rings (SSSR count). The number of piperidine rings is 1. The molecule has 0 radical (unpaired) electrons. The summed E-state index contributed by atoms with van der Waals surface area (Å²) < 4.78 is 34.9. The van der Waals surface area contributed by atoms with Crippen LogP contribution in [0.1, 0.15) is 55.7 Å². The lowest BCUT2D eigenvalue weighted by atomic mass is 10.1. The average Bonchev–Trinajstić information content (AvgIpc) is 3.37. The number of hydrogen-bond acceptors (Lipinski definition) is 8. The highest BCUT2D eigenvalue weighted by Crippen LogP contribution is 2.26. The number of ether oxygens (including phenoxy) is 1. The summed E-state index contributed by atoms with van der Waals surface area (Å²) in [6, 6.07) is 13.7. The van der Waals surface area contributed by atoms with Crippen LogP contribution in [0.4, 0.5) is 0 Å². The van der Waals surface area contributed by atoms with Gasteiger partial charge in [-0.15, -0.1) is 10.2 Å². The summed E-state index contributed by atoms with van der Waals surface area (Å²) in [6.45, 7) is 5.56. The highest BCUT2D eigenvalue weighted by molar-refractivity contribution is 7.99. The predicted molar refractivity (Wildman–Crippen MR) is 154 cm³/mol. The molecule has 214 valence electrons. The number of ketones is 1. The number of Topliss-reactive ketones (excluding diaryl/α,β-unsaturated/α-hetero) is 1. The number of hydrogen-bond donors (Lipinski definition) is 1. The van der Waals surface area contributed by atoms with Crippen LogP contribution in [0.25, 0.3) is 5.69 Å². The molecule has 0 atom stereocenters. The molecule has 12 heteroatoms. The van der Waals surface area contributed by atoms with Crippen LogP contribution in [-0.4, -0.2) is 71.2 Å². The summed E-state index contributed by atoms with van der Waals surface area (Å²) >= 11 is 1.27. The van der Waals surface area contributed by atoms with E-state index in [0.717, 1.165) is 36.5 Å². The minimum absolute atomic E-state index is 0.0835. The summed E-state index contributed by atoms with van der Waals surface area (Å²) in [6.07, 6.45) is 4.05. The molecule has 1 N–H and O–H groups in total. The van der Waals surface area contributed by atoms with Crippen molar-refractivity contribution >= 4 is 33.5 Å². The molecular formula is C28H35N5O5S2. The molecule has 1 amide bonds. The first-order chi connectivity index (χ1) is 19.3. The largest absolute Gasteiger partial charge is 0.494 e. The van der Waals surface area contributed by atoms with E-state index >= 15 is 0 Å². The third-order valence-corrected chi connectivity index (χ3v) is 9.36. The van der Waals surface area contributed by atoms with Crippen molar-refractivity contribution in [2.45, 2.75) is 56.0 Å². The third kappa shape index (κ3) is 7.49. The highest BCUT2D eigenvalue weighted by atomic mass is 32.2. The van der Waals surface area contributed by atoms with Crippen LogP contribution < -0.4 is 10.1 Å². The van der Waals surface area contributed by atoms with Crippen LogP contribution in [0.15, 0.2) is 58.6 Å². The van der Waals surface area contributed by atoms with E-state index in [9.17, 15) is 18.0 Å². The Kier molecular flexibility index (Phi) is 10.3. The van der Waals surface area contributed by atoms with E-state index in [1.807, 2.05) is 35.8 Å². The lowest BCUT2D eigenvalue weighted by Crippen LogP contribution is -2.35. The van der Waals surface area contributed by atoms with Crippen molar-refractivity contribution in [1.82, 2.24) is 24.4 Å². The zero-order valence-corrected chi connectivity index (χ0v) is 24.5. The standard InChI is InChI=1S/C28H35N5O5S2/c1-3-38-24-13-11-23(12-14-24)33-27(8-7-17-29-21(2)34)30-31-28(33)39-20-26(35)22-9-15-25(16-10-22)40(36,37)32-18-5-4-6-19-32/h9-16H,3-8,17-20H2,1-2H3,(H,29,34). The van der Waals surface area contributed by atoms with Gasteiger partial charge in [-0.3, -0.25) is 14.2 Å². The topological polar surface area (TPSA) is 123 Å². The van der Waals surface area contributed by atoms with Gasteiger partial charge in [-0.25, -0.2) is 8.42 Å². The van der Waals surface area contributed by atoms with Gasteiger partial charge in [0.2, 0.25) is 15.9 Å². The summed E-state index contributed by atoms with van der Waals surface area (Å²) in [5.74, 6) is 1.36. The molecular weight excluding hydrogens is 550 g/mol. The normalized spacial score (nSPS) is 14.2. The molecule has 1 fully saturated rings. The van der Waals surface area contributed by atoms with Crippen molar-refractivity contribution in [3.8, 4) is 11.4 Å². The van der Waals surface area contributed by atoms with Gasteiger partial charge < -0.3 is 10.1 Å². The Morgan fingerprint density at radius 1 is 1.00 bits per heavy atom. The second kappa shape index (κ2) is 13.9. The summed E-state index contributed by atoms with van der Waals surface area (Å²) in [4.78, 5) is 24.5. The highest BCUT2D eigenvalue weighted by Gasteiger charge is 2.26. The van der Waals surface area contributed by atoms with Crippen LogP contribution >= 0.6 is 11.8 Å². The lowest BCUT2D eigenvalue weighted by molar-refractivity contribution is -0.118. The van der Waals surface area contributed by atoms with Crippen molar-refractivity contribution in [1.29, 1.82) is 0 Å². The molecule has 0 aliphatic carbocycles. The molecule has 2 aromatic carbocycles. The van der Waals surface area contributed by atoms with Gasteiger partial charge in [-0.05, 0) is 62.6 Å². The number of carbonyl (C=O) groups is 2. The number of nitrogens with zero attached hydrogens (tertiary/aromatic N) is 4. The summed E-state index contributed by atoms with van der Waals surface area (Å²) in [5.41, 5.74) is 1.28. The molecule has 2 heterocycles. The van der Waals surface area contributed by atoms with Gasteiger partial charge in [-0.2, -0.15) is 4.31 Å². The maximum atomic E-state index is 13.0. The van der Waals surface area contributed by atoms with Crippen LogP contribution in [0.5, 0.6) is 5.75 Å². The third-order valence-electron chi connectivity index (χ3n) is 6.52. The lowest BCUT2D eigenvalue weighted by Gasteiger charge is -2.25. The molecule has 0 saturated carbocycles. The number of sulfonamides is 1. The molecule has 3 aromatic rings. The predicted octanol–water partition coefficient (Wildman–Crippen LogP) is 3.88. The van der Waals surface area contributed by atoms with E-state index < -0.39 is 10.0 Å². The molecule has 0 bridgehead atoms. The fraction of sp³-hybridized carbons (Fsp3) is 0.429. The number of nitrogens with one attached hydrogen (secondary N) is 1. The summed E-state index contributed by atoms with van der Waals surface area (Å²) in [5, 5.41) is 12.1. The SMILES string of the molecule is CCOc1ccc(-n2c(CCCNC(C)=O)nnc2SCC(=O)c2ccc(S(=O)(=O)N3CCCCC3)cc2)cc1. The smallest absolute Gasteiger partial charge is 0.243 e. The van der Waals surface area contributed by atoms with Gasteiger partial charge in [0, 0.05) is 44.2 Å². The van der Waals surface area contributed by atoms with Crippen molar-refractivity contribution in [2.75, 3.05) is 32.0 Å². The number of thioether (sulfide) groups is 1. The quantitative estimate of drug-likeness (QED) is 0.182. The maximum absolute atomic E-state index is 13.0. The second-order valence-electron chi connectivity index (χ2n) is 9.45. The Morgan fingerprint density at radius 3 is 2.35 bits per heavy atom. The number of rotatable bonds is 13. The average molecular weight is 586 g/mol. The number of aryl methyl sites for hydroxylation is 1. The van der Waals surface area contributed by atoms with Gasteiger partial charge in [0.15, 0.2) is 10.9 Å². The monoisotopic (exact) mass is 585 g/mol. The van der Waals surface area contributed by atoms with Crippen molar-refractivity contribution in [3.63, 3.8) is 0 Å². The number of aromatic nitrogens is 3. The van der Waals surface area contributed by atoms with Crippen LogP contribution in [0.3, 0.4) is 0 Å². The Balaban J connectivity index is 1.47. The van der Waals surface area contributed by atoms with Gasteiger partial charge in [0.25, 0.3) is 0 Å².